The van der Waals surface area contributed by atoms with Crippen molar-refractivity contribution in [2.45, 2.75) is 38.8 Å². The van der Waals surface area contributed by atoms with Gasteiger partial charge in [-0.05, 0) is 49.6 Å². The van der Waals surface area contributed by atoms with Crippen LogP contribution in [0, 0.1) is 0 Å². The first-order chi connectivity index (χ1) is 9.19. The Hall–Kier alpha value is -1.25. The van der Waals surface area contributed by atoms with E-state index >= 15 is 0 Å². The molecule has 0 saturated carbocycles. The molecule has 1 aromatic heterocycles. The standard InChI is InChI=1S/C16H20ClNO/c1-3-15(16-8-5-9-19-16)18-12(2)10-13-6-4-7-14(17)11-13/h4-9,11-12,15,18H,3,10H2,1-2H3. The number of rotatable bonds is 6. The van der Waals surface area contributed by atoms with Gasteiger partial charge in [0, 0.05) is 11.1 Å². The highest BCUT2D eigenvalue weighted by Crippen LogP contribution is 2.19. The zero-order valence-electron chi connectivity index (χ0n) is 11.4. The van der Waals surface area contributed by atoms with Crippen LogP contribution in [0.1, 0.15) is 37.6 Å². The summed E-state index contributed by atoms with van der Waals surface area (Å²) in [5, 5.41) is 4.39. The van der Waals surface area contributed by atoms with Crippen molar-refractivity contribution in [3.05, 3.63) is 59.0 Å². The van der Waals surface area contributed by atoms with Crippen molar-refractivity contribution in [1.29, 1.82) is 0 Å². The molecule has 0 amide bonds. The molecule has 0 aliphatic rings. The van der Waals surface area contributed by atoms with Crippen molar-refractivity contribution >= 4 is 11.6 Å². The number of hydrogen-bond donors (Lipinski definition) is 1. The molecule has 3 heteroatoms. The summed E-state index contributed by atoms with van der Waals surface area (Å²) < 4.78 is 5.47. The van der Waals surface area contributed by atoms with E-state index < -0.39 is 0 Å². The van der Waals surface area contributed by atoms with Crippen LogP contribution < -0.4 is 5.32 Å². The summed E-state index contributed by atoms with van der Waals surface area (Å²) >= 11 is 6.01. The van der Waals surface area contributed by atoms with E-state index in [-0.39, 0.29) is 6.04 Å². The van der Waals surface area contributed by atoms with Crippen LogP contribution in [0.25, 0.3) is 0 Å². The highest BCUT2D eigenvalue weighted by molar-refractivity contribution is 6.30. The van der Waals surface area contributed by atoms with Crippen LogP contribution in [0.3, 0.4) is 0 Å². The fraction of sp³-hybridized carbons (Fsp3) is 0.375. The summed E-state index contributed by atoms with van der Waals surface area (Å²) in [5.74, 6) is 1.00. The lowest BCUT2D eigenvalue weighted by Crippen LogP contribution is -2.31. The highest BCUT2D eigenvalue weighted by atomic mass is 35.5. The van der Waals surface area contributed by atoms with Gasteiger partial charge in [-0.25, -0.2) is 0 Å². The molecule has 2 unspecified atom stereocenters. The SMILES string of the molecule is CCC(NC(C)Cc1cccc(Cl)c1)c1ccco1. The number of furan rings is 1. The lowest BCUT2D eigenvalue weighted by Gasteiger charge is -2.20. The van der Waals surface area contributed by atoms with E-state index in [1.807, 2.05) is 30.3 Å². The monoisotopic (exact) mass is 277 g/mol. The molecule has 102 valence electrons. The topological polar surface area (TPSA) is 25.2 Å². The van der Waals surface area contributed by atoms with Crippen LogP contribution in [0.15, 0.2) is 47.1 Å². The van der Waals surface area contributed by atoms with Gasteiger partial charge in [0.05, 0.1) is 12.3 Å². The third kappa shape index (κ3) is 4.12. The molecule has 0 saturated heterocycles. The average Bonchev–Trinajstić information content (AvgIpc) is 2.89. The minimum atomic E-state index is 0.268. The van der Waals surface area contributed by atoms with Crippen LogP contribution >= 0.6 is 11.6 Å². The maximum absolute atomic E-state index is 6.01. The van der Waals surface area contributed by atoms with Gasteiger partial charge in [0.2, 0.25) is 0 Å². The van der Waals surface area contributed by atoms with E-state index in [1.165, 1.54) is 5.56 Å². The molecule has 0 aliphatic carbocycles. The quantitative estimate of drug-likeness (QED) is 0.834. The number of nitrogens with one attached hydrogen (secondary N) is 1. The molecule has 19 heavy (non-hydrogen) atoms. The molecule has 2 nitrogen and oxygen atoms in total. The molecule has 1 aromatic carbocycles. The Morgan fingerprint density at radius 1 is 1.26 bits per heavy atom. The summed E-state index contributed by atoms with van der Waals surface area (Å²) in [4.78, 5) is 0. The van der Waals surface area contributed by atoms with Gasteiger partial charge in [-0.1, -0.05) is 30.7 Å². The average molecular weight is 278 g/mol. The first-order valence-electron chi connectivity index (χ1n) is 6.73. The first kappa shape index (κ1) is 14.2. The van der Waals surface area contributed by atoms with Crippen molar-refractivity contribution in [3.8, 4) is 0 Å². The molecule has 2 aromatic rings. The fourth-order valence-electron chi connectivity index (χ4n) is 2.31. The molecule has 0 radical (unpaired) electrons. The Morgan fingerprint density at radius 3 is 2.74 bits per heavy atom. The van der Waals surface area contributed by atoms with E-state index in [1.54, 1.807) is 6.26 Å². The van der Waals surface area contributed by atoms with Gasteiger partial charge >= 0.3 is 0 Å². The Balaban J connectivity index is 1.95. The third-order valence-electron chi connectivity index (χ3n) is 3.21. The van der Waals surface area contributed by atoms with E-state index in [4.69, 9.17) is 16.0 Å². The molecule has 2 rings (SSSR count). The third-order valence-corrected chi connectivity index (χ3v) is 3.45. The zero-order valence-corrected chi connectivity index (χ0v) is 12.2. The van der Waals surface area contributed by atoms with Gasteiger partial charge in [-0.15, -0.1) is 0 Å². The summed E-state index contributed by atoms with van der Waals surface area (Å²) in [6, 6.07) is 12.6. The Kier molecular flexibility index (Phi) is 5.06. The minimum Gasteiger partial charge on any atom is -0.468 e. The molecular weight excluding hydrogens is 258 g/mol. The Labute approximate surface area is 119 Å². The molecule has 0 aliphatic heterocycles. The van der Waals surface area contributed by atoms with Crippen molar-refractivity contribution in [2.75, 3.05) is 0 Å². The summed E-state index contributed by atoms with van der Waals surface area (Å²) in [6.07, 6.45) is 3.69. The molecule has 0 fully saturated rings. The van der Waals surface area contributed by atoms with Crippen LogP contribution in [-0.4, -0.2) is 6.04 Å². The first-order valence-corrected chi connectivity index (χ1v) is 7.10. The normalized spacial score (nSPS) is 14.3. The maximum atomic E-state index is 6.01. The van der Waals surface area contributed by atoms with Crippen molar-refractivity contribution in [3.63, 3.8) is 0 Å². The largest absolute Gasteiger partial charge is 0.468 e. The van der Waals surface area contributed by atoms with Crippen molar-refractivity contribution < 1.29 is 4.42 Å². The van der Waals surface area contributed by atoms with Gasteiger partial charge in [0.1, 0.15) is 5.76 Å². The number of benzene rings is 1. The van der Waals surface area contributed by atoms with Gasteiger partial charge in [-0.2, -0.15) is 0 Å². The van der Waals surface area contributed by atoms with Crippen LogP contribution in [-0.2, 0) is 6.42 Å². The summed E-state index contributed by atoms with van der Waals surface area (Å²) in [5.41, 5.74) is 1.25. The van der Waals surface area contributed by atoms with E-state index in [9.17, 15) is 0 Å². The fourth-order valence-corrected chi connectivity index (χ4v) is 2.52. The molecule has 0 bridgehead atoms. The smallest absolute Gasteiger partial charge is 0.120 e. The van der Waals surface area contributed by atoms with Gasteiger partial charge < -0.3 is 9.73 Å². The number of halogens is 1. The number of hydrogen-bond acceptors (Lipinski definition) is 2. The summed E-state index contributed by atoms with van der Waals surface area (Å²) in [7, 11) is 0. The maximum Gasteiger partial charge on any atom is 0.120 e. The predicted octanol–water partition coefficient (Wildman–Crippen LogP) is 4.60. The van der Waals surface area contributed by atoms with Crippen LogP contribution in [0.4, 0.5) is 0 Å². The van der Waals surface area contributed by atoms with Crippen LogP contribution in [0.2, 0.25) is 5.02 Å². The molecule has 1 heterocycles. The second kappa shape index (κ2) is 6.78. The summed E-state index contributed by atoms with van der Waals surface area (Å²) in [6.45, 7) is 4.35. The van der Waals surface area contributed by atoms with Gasteiger partial charge in [0.25, 0.3) is 0 Å². The predicted molar refractivity (Wildman–Crippen MR) is 79.5 cm³/mol. The Bertz CT molecular complexity index is 495. The van der Waals surface area contributed by atoms with E-state index in [0.29, 0.717) is 6.04 Å². The second-order valence-corrected chi connectivity index (χ2v) is 5.31. The molecular formula is C16H20ClNO. The lowest BCUT2D eigenvalue weighted by molar-refractivity contribution is 0.371. The zero-order chi connectivity index (χ0) is 13.7. The van der Waals surface area contributed by atoms with Crippen LogP contribution in [0.5, 0.6) is 0 Å². The molecule has 0 spiro atoms. The van der Waals surface area contributed by atoms with Crippen molar-refractivity contribution in [2.24, 2.45) is 0 Å². The van der Waals surface area contributed by atoms with E-state index in [0.717, 1.165) is 23.6 Å². The minimum absolute atomic E-state index is 0.268. The van der Waals surface area contributed by atoms with E-state index in [2.05, 4.69) is 25.2 Å². The van der Waals surface area contributed by atoms with Crippen molar-refractivity contribution in [1.82, 2.24) is 5.32 Å². The Morgan fingerprint density at radius 2 is 2.11 bits per heavy atom. The van der Waals surface area contributed by atoms with Gasteiger partial charge in [-0.3, -0.25) is 0 Å². The second-order valence-electron chi connectivity index (χ2n) is 4.88. The molecule has 2 atom stereocenters. The highest BCUT2D eigenvalue weighted by Gasteiger charge is 2.15. The van der Waals surface area contributed by atoms with Gasteiger partial charge in [0.15, 0.2) is 0 Å². The molecule has 1 N–H and O–H groups in total. The lowest BCUT2D eigenvalue weighted by atomic mass is 10.0.